The second-order valence-electron chi connectivity index (χ2n) is 3.24. The van der Waals surface area contributed by atoms with Crippen molar-refractivity contribution in [3.05, 3.63) is 34.3 Å². The van der Waals surface area contributed by atoms with Gasteiger partial charge in [0, 0.05) is 6.42 Å². The Morgan fingerprint density at radius 3 is 3.00 bits per heavy atom. The van der Waals surface area contributed by atoms with Crippen molar-refractivity contribution in [3.63, 3.8) is 0 Å². The molecule has 0 saturated heterocycles. The summed E-state index contributed by atoms with van der Waals surface area (Å²) in [5.74, 6) is -1.34. The van der Waals surface area contributed by atoms with Gasteiger partial charge in [0.15, 0.2) is 5.58 Å². The summed E-state index contributed by atoms with van der Waals surface area (Å²) in [6.07, 6.45) is 0.500. The van der Waals surface area contributed by atoms with E-state index in [1.807, 2.05) is 0 Å². The number of nitrogens with one attached hydrogen (secondary N) is 1. The molecular weight excluding hydrogens is 198 g/mol. The number of carboxylic acid groups (broad SMARTS) is 1. The van der Waals surface area contributed by atoms with Crippen LogP contribution in [0, 0.1) is 0 Å². The number of hydrogen-bond acceptors (Lipinski definition) is 3. The lowest BCUT2D eigenvalue weighted by molar-refractivity contribution is -0.136. The molecule has 0 atom stereocenters. The zero-order chi connectivity index (χ0) is 10.8. The number of rotatable bonds is 3. The normalized spacial score (nSPS) is 10.7. The van der Waals surface area contributed by atoms with Crippen molar-refractivity contribution >= 4 is 17.1 Å². The van der Waals surface area contributed by atoms with Crippen molar-refractivity contribution < 1.29 is 14.3 Å². The number of H-pyrrole nitrogens is 1. The minimum absolute atomic E-state index is 0.0696. The maximum absolute atomic E-state index is 10.8. The molecule has 1 aromatic carbocycles. The molecule has 5 heteroatoms. The number of aryl methyl sites for hydroxylation is 1. The third kappa shape index (κ3) is 2.07. The molecule has 0 amide bonds. The van der Waals surface area contributed by atoms with Crippen molar-refractivity contribution in [2.75, 3.05) is 0 Å². The van der Waals surface area contributed by atoms with Gasteiger partial charge in [-0.1, -0.05) is 6.07 Å². The Morgan fingerprint density at radius 2 is 2.27 bits per heavy atom. The van der Waals surface area contributed by atoms with Gasteiger partial charge in [0.2, 0.25) is 0 Å². The smallest absolute Gasteiger partial charge is 0.417 e. The lowest BCUT2D eigenvalue weighted by Gasteiger charge is -1.97. The van der Waals surface area contributed by atoms with Crippen LogP contribution in [-0.2, 0) is 11.2 Å². The van der Waals surface area contributed by atoms with Crippen molar-refractivity contribution in [1.29, 1.82) is 0 Å². The lowest BCUT2D eigenvalue weighted by atomic mass is 10.1. The van der Waals surface area contributed by atoms with Crippen LogP contribution >= 0.6 is 0 Å². The summed E-state index contributed by atoms with van der Waals surface area (Å²) in [6, 6.07) is 5.16. The highest BCUT2D eigenvalue weighted by atomic mass is 16.4. The van der Waals surface area contributed by atoms with Crippen LogP contribution in [0.15, 0.2) is 27.4 Å². The number of carbonyl (C=O) groups is 1. The second kappa shape index (κ2) is 3.61. The van der Waals surface area contributed by atoms with Crippen LogP contribution in [0.1, 0.15) is 12.0 Å². The molecule has 2 N–H and O–H groups in total. The number of fused-ring (bicyclic) bond motifs is 1. The second-order valence-corrected chi connectivity index (χ2v) is 3.24. The van der Waals surface area contributed by atoms with E-state index >= 15 is 0 Å². The highest BCUT2D eigenvalue weighted by molar-refractivity contribution is 5.73. The molecule has 0 unspecified atom stereocenters. The van der Waals surface area contributed by atoms with Gasteiger partial charge in [-0.05, 0) is 24.1 Å². The Labute approximate surface area is 84.3 Å². The van der Waals surface area contributed by atoms with Crippen LogP contribution in [0.4, 0.5) is 0 Å². The van der Waals surface area contributed by atoms with Gasteiger partial charge in [-0.2, -0.15) is 0 Å². The van der Waals surface area contributed by atoms with E-state index in [0.29, 0.717) is 17.5 Å². The predicted octanol–water partition coefficient (Wildman–Crippen LogP) is 1.14. The van der Waals surface area contributed by atoms with Crippen LogP contribution in [0.5, 0.6) is 0 Å². The molecule has 15 heavy (non-hydrogen) atoms. The predicted molar refractivity (Wildman–Crippen MR) is 52.8 cm³/mol. The molecule has 0 saturated carbocycles. The summed E-state index contributed by atoms with van der Waals surface area (Å²) in [5, 5.41) is 8.51. The van der Waals surface area contributed by atoms with Gasteiger partial charge in [-0.25, -0.2) is 4.79 Å². The minimum Gasteiger partial charge on any atom is -0.481 e. The zero-order valence-corrected chi connectivity index (χ0v) is 7.82. The van der Waals surface area contributed by atoms with E-state index < -0.39 is 11.7 Å². The average Bonchev–Trinajstić information content (AvgIpc) is 2.53. The molecule has 0 fully saturated rings. The van der Waals surface area contributed by atoms with E-state index in [0.717, 1.165) is 5.56 Å². The summed E-state index contributed by atoms with van der Waals surface area (Å²) >= 11 is 0. The number of aromatic nitrogens is 1. The first kappa shape index (κ1) is 9.51. The number of carboxylic acids is 1. The first-order valence-electron chi connectivity index (χ1n) is 4.49. The number of aliphatic carboxylic acids is 1. The highest BCUT2D eigenvalue weighted by Gasteiger charge is 2.03. The molecule has 0 aliphatic heterocycles. The standard InChI is InChI=1S/C10H9NO4/c12-9(13)4-2-6-1-3-7-8(5-6)15-10(14)11-7/h1,3,5H,2,4H2,(H,11,14)(H,12,13). The molecule has 0 radical (unpaired) electrons. The molecule has 0 bridgehead atoms. The van der Waals surface area contributed by atoms with E-state index in [1.165, 1.54) is 0 Å². The number of benzene rings is 1. The van der Waals surface area contributed by atoms with Crippen molar-refractivity contribution in [3.8, 4) is 0 Å². The maximum atomic E-state index is 10.8. The van der Waals surface area contributed by atoms with Gasteiger partial charge in [0.25, 0.3) is 0 Å². The van der Waals surface area contributed by atoms with Gasteiger partial charge in [0.1, 0.15) is 0 Å². The maximum Gasteiger partial charge on any atom is 0.417 e. The SMILES string of the molecule is O=C(O)CCc1ccc2[nH]c(=O)oc2c1. The molecule has 2 rings (SSSR count). The van der Waals surface area contributed by atoms with E-state index in [1.54, 1.807) is 18.2 Å². The Kier molecular flexibility index (Phi) is 2.29. The molecule has 0 spiro atoms. The molecule has 0 aliphatic carbocycles. The first-order valence-corrected chi connectivity index (χ1v) is 4.49. The van der Waals surface area contributed by atoms with Crippen LogP contribution in [-0.4, -0.2) is 16.1 Å². The van der Waals surface area contributed by atoms with Crippen LogP contribution < -0.4 is 5.76 Å². The largest absolute Gasteiger partial charge is 0.481 e. The third-order valence-electron chi connectivity index (χ3n) is 2.11. The molecule has 78 valence electrons. The van der Waals surface area contributed by atoms with E-state index in [2.05, 4.69) is 4.98 Å². The van der Waals surface area contributed by atoms with E-state index in [9.17, 15) is 9.59 Å². The summed E-state index contributed by atoms with van der Waals surface area (Å²) in [6.45, 7) is 0. The number of oxazole rings is 1. The molecule has 1 heterocycles. The van der Waals surface area contributed by atoms with E-state index in [-0.39, 0.29) is 6.42 Å². The average molecular weight is 207 g/mol. The van der Waals surface area contributed by atoms with Crippen molar-refractivity contribution in [2.24, 2.45) is 0 Å². The number of hydrogen-bond donors (Lipinski definition) is 2. The van der Waals surface area contributed by atoms with Gasteiger partial charge < -0.3 is 9.52 Å². The summed E-state index contributed by atoms with van der Waals surface area (Å²) in [7, 11) is 0. The van der Waals surface area contributed by atoms with Gasteiger partial charge >= 0.3 is 11.7 Å². The summed E-state index contributed by atoms with van der Waals surface area (Å²) in [4.78, 5) is 23.7. The fourth-order valence-electron chi connectivity index (χ4n) is 1.40. The third-order valence-corrected chi connectivity index (χ3v) is 2.11. The van der Waals surface area contributed by atoms with Crippen LogP contribution in [0.2, 0.25) is 0 Å². The van der Waals surface area contributed by atoms with Crippen LogP contribution in [0.25, 0.3) is 11.1 Å². The Balaban J connectivity index is 2.30. The lowest BCUT2D eigenvalue weighted by Crippen LogP contribution is -1.97. The van der Waals surface area contributed by atoms with Gasteiger partial charge in [-0.15, -0.1) is 0 Å². The molecule has 2 aromatic rings. The summed E-state index contributed by atoms with van der Waals surface area (Å²) in [5.41, 5.74) is 1.93. The fourth-order valence-corrected chi connectivity index (χ4v) is 1.40. The topological polar surface area (TPSA) is 83.3 Å². The highest BCUT2D eigenvalue weighted by Crippen LogP contribution is 2.13. The molecule has 0 aliphatic rings. The van der Waals surface area contributed by atoms with Crippen LogP contribution in [0.3, 0.4) is 0 Å². The quantitative estimate of drug-likeness (QED) is 0.790. The zero-order valence-electron chi connectivity index (χ0n) is 7.82. The van der Waals surface area contributed by atoms with Crippen molar-refractivity contribution in [1.82, 2.24) is 4.98 Å². The summed E-state index contributed by atoms with van der Waals surface area (Å²) < 4.78 is 4.86. The Bertz CT molecular complexity index is 552. The van der Waals surface area contributed by atoms with Crippen molar-refractivity contribution in [2.45, 2.75) is 12.8 Å². The molecular formula is C10H9NO4. The fraction of sp³-hybridized carbons (Fsp3) is 0.200. The van der Waals surface area contributed by atoms with Gasteiger partial charge in [0.05, 0.1) is 5.52 Å². The first-order chi connectivity index (χ1) is 7.15. The molecule has 1 aromatic heterocycles. The number of aromatic amines is 1. The monoisotopic (exact) mass is 207 g/mol. The minimum atomic E-state index is -0.842. The Hall–Kier alpha value is -2.04. The van der Waals surface area contributed by atoms with E-state index in [4.69, 9.17) is 9.52 Å². The van der Waals surface area contributed by atoms with Gasteiger partial charge in [-0.3, -0.25) is 9.78 Å². The molecule has 5 nitrogen and oxygen atoms in total. The Morgan fingerprint density at radius 1 is 1.47 bits per heavy atom.